The van der Waals surface area contributed by atoms with Gasteiger partial charge in [0.25, 0.3) is 0 Å². The summed E-state index contributed by atoms with van der Waals surface area (Å²) in [6, 6.07) is 5.04. The van der Waals surface area contributed by atoms with Crippen molar-refractivity contribution in [1.29, 1.82) is 0 Å². The molecule has 0 unspecified atom stereocenters. The zero-order valence-corrected chi connectivity index (χ0v) is 23.1. The number of amidine groups is 1. The van der Waals surface area contributed by atoms with Gasteiger partial charge < -0.3 is 15.2 Å². The van der Waals surface area contributed by atoms with Crippen molar-refractivity contribution in [2.45, 2.75) is 63.8 Å². The van der Waals surface area contributed by atoms with Crippen molar-refractivity contribution in [2.75, 3.05) is 52.5 Å². The van der Waals surface area contributed by atoms with Gasteiger partial charge in [-0.1, -0.05) is 33.8 Å². The Bertz CT molecular complexity index is 1030. The van der Waals surface area contributed by atoms with Crippen LogP contribution in [0.4, 0.5) is 0 Å². The number of nitrogens with zero attached hydrogens (tertiary/aromatic N) is 4. The normalized spacial score (nSPS) is 19.0. The maximum Gasteiger partial charge on any atom is 0.243 e. The Hall–Kier alpha value is -2.14. The minimum atomic E-state index is -3.70. The zero-order valence-electron chi connectivity index (χ0n) is 22.3. The Labute approximate surface area is 216 Å². The Balaban J connectivity index is 2.01. The van der Waals surface area contributed by atoms with Crippen LogP contribution in [0.2, 0.25) is 0 Å². The summed E-state index contributed by atoms with van der Waals surface area (Å²) in [6.07, 6.45) is 3.59. The largest absolute Gasteiger partial charge is 0.493 e. The molecule has 1 fully saturated rings. The van der Waals surface area contributed by atoms with E-state index in [9.17, 15) is 13.5 Å². The number of piperazine rings is 1. The van der Waals surface area contributed by atoms with Gasteiger partial charge in [-0.3, -0.25) is 9.91 Å². The summed E-state index contributed by atoms with van der Waals surface area (Å²) in [6.45, 7) is 16.4. The van der Waals surface area contributed by atoms with Gasteiger partial charge in [0.15, 0.2) is 5.84 Å². The van der Waals surface area contributed by atoms with Gasteiger partial charge in [0, 0.05) is 38.4 Å². The Kier molecular flexibility index (Phi) is 9.79. The molecule has 0 saturated carbocycles. The highest BCUT2D eigenvalue weighted by Crippen LogP contribution is 2.31. The lowest BCUT2D eigenvalue weighted by atomic mass is 9.90. The minimum Gasteiger partial charge on any atom is -0.493 e. The van der Waals surface area contributed by atoms with Crippen molar-refractivity contribution in [3.63, 3.8) is 0 Å². The molecule has 36 heavy (non-hydrogen) atoms. The van der Waals surface area contributed by atoms with Gasteiger partial charge >= 0.3 is 0 Å². The molecule has 0 aromatic heterocycles. The van der Waals surface area contributed by atoms with Gasteiger partial charge in [0.2, 0.25) is 10.0 Å². The highest BCUT2D eigenvalue weighted by Gasteiger charge is 2.36. The molecule has 0 radical (unpaired) electrons. The molecule has 1 saturated heterocycles. The third-order valence-electron chi connectivity index (χ3n) is 7.21. The highest BCUT2D eigenvalue weighted by molar-refractivity contribution is 7.89. The molecular weight excluding hydrogens is 478 g/mol. The molecule has 9 nitrogen and oxygen atoms in total. The number of hydrogen-bond acceptors (Lipinski definition) is 8. The number of ether oxygens (including phenoxy) is 1. The smallest absolute Gasteiger partial charge is 0.243 e. The van der Waals surface area contributed by atoms with Crippen LogP contribution < -0.4 is 10.1 Å². The van der Waals surface area contributed by atoms with E-state index in [1.807, 2.05) is 11.9 Å². The van der Waals surface area contributed by atoms with E-state index in [1.165, 1.54) is 4.31 Å². The quantitative estimate of drug-likeness (QED) is 0.437. The highest BCUT2D eigenvalue weighted by atomic mass is 32.2. The SMILES string of the molecule is C=C(CCC)N1CC(CC)(CC)NC(c2cc(S(=O)(=O)N3CCN(CCO)CC3)ccc2OCC)=N1. The van der Waals surface area contributed by atoms with Crippen molar-refractivity contribution in [3.05, 3.63) is 36.0 Å². The van der Waals surface area contributed by atoms with Gasteiger partial charge in [-0.2, -0.15) is 9.41 Å². The second-order valence-corrected chi connectivity index (χ2v) is 11.4. The summed E-state index contributed by atoms with van der Waals surface area (Å²) < 4.78 is 34.6. The number of aliphatic hydroxyl groups is 1. The molecule has 0 atom stereocenters. The summed E-state index contributed by atoms with van der Waals surface area (Å²) in [5.74, 6) is 1.20. The van der Waals surface area contributed by atoms with Crippen molar-refractivity contribution < 1.29 is 18.3 Å². The van der Waals surface area contributed by atoms with E-state index in [0.717, 1.165) is 31.4 Å². The molecule has 1 aromatic rings. The van der Waals surface area contributed by atoms with Crippen LogP contribution >= 0.6 is 0 Å². The fraction of sp³-hybridized carbons (Fsp3) is 0.654. The first kappa shape index (κ1) is 28.4. The lowest BCUT2D eigenvalue weighted by Crippen LogP contribution is -2.58. The minimum absolute atomic E-state index is 0.0722. The number of allylic oxidation sites excluding steroid dienone is 1. The van der Waals surface area contributed by atoms with Crippen LogP contribution in [0.15, 0.2) is 40.5 Å². The summed E-state index contributed by atoms with van der Waals surface area (Å²) in [4.78, 5) is 2.30. The average molecular weight is 522 g/mol. The van der Waals surface area contributed by atoms with Crippen LogP contribution in [-0.2, 0) is 10.0 Å². The lowest BCUT2D eigenvalue weighted by Gasteiger charge is -2.43. The van der Waals surface area contributed by atoms with Crippen LogP contribution in [0.1, 0.15) is 58.9 Å². The lowest BCUT2D eigenvalue weighted by molar-refractivity contribution is 0.151. The van der Waals surface area contributed by atoms with Crippen molar-refractivity contribution in [2.24, 2.45) is 5.10 Å². The molecule has 2 heterocycles. The van der Waals surface area contributed by atoms with E-state index in [1.54, 1.807) is 18.2 Å². The number of rotatable bonds is 12. The zero-order chi connectivity index (χ0) is 26.3. The number of hydrazone groups is 1. The van der Waals surface area contributed by atoms with Gasteiger partial charge in [-0.05, 0) is 44.4 Å². The fourth-order valence-electron chi connectivity index (χ4n) is 4.75. The topological polar surface area (TPSA) is 97.7 Å². The van der Waals surface area contributed by atoms with Gasteiger partial charge in [-0.15, -0.1) is 0 Å². The third kappa shape index (κ3) is 6.22. The van der Waals surface area contributed by atoms with Crippen LogP contribution in [-0.4, -0.2) is 91.6 Å². The van der Waals surface area contributed by atoms with Gasteiger partial charge in [0.1, 0.15) is 5.75 Å². The number of hydrogen-bond donors (Lipinski definition) is 2. The maximum absolute atomic E-state index is 13.6. The molecular formula is C26H43N5O4S. The number of sulfonamides is 1. The molecule has 0 bridgehead atoms. The summed E-state index contributed by atoms with van der Waals surface area (Å²) in [5, 5.41) is 19.7. The molecule has 3 rings (SSSR count). The van der Waals surface area contributed by atoms with E-state index in [4.69, 9.17) is 9.84 Å². The number of nitrogens with one attached hydrogen (secondary N) is 1. The third-order valence-corrected chi connectivity index (χ3v) is 9.10. The van der Waals surface area contributed by atoms with E-state index in [-0.39, 0.29) is 17.0 Å². The predicted octanol–water partition coefficient (Wildman–Crippen LogP) is 2.82. The molecule has 0 amide bonds. The number of β-amino-alcohol motifs (C(OH)–C–C–N with tert-alkyl or cyclic N) is 1. The van der Waals surface area contributed by atoms with Gasteiger partial charge in [-0.25, -0.2) is 8.42 Å². The first-order valence-electron chi connectivity index (χ1n) is 13.2. The van der Waals surface area contributed by atoms with Crippen molar-refractivity contribution >= 4 is 15.9 Å². The number of benzene rings is 1. The molecule has 2 aliphatic heterocycles. The molecule has 10 heteroatoms. The second kappa shape index (κ2) is 12.4. The van der Waals surface area contributed by atoms with Gasteiger partial charge in [0.05, 0.1) is 35.8 Å². The molecule has 202 valence electrons. The Morgan fingerprint density at radius 2 is 1.86 bits per heavy atom. The predicted molar refractivity (Wildman–Crippen MR) is 144 cm³/mol. The van der Waals surface area contributed by atoms with E-state index < -0.39 is 10.0 Å². The van der Waals surface area contributed by atoms with Crippen LogP contribution in [0.5, 0.6) is 5.75 Å². The molecule has 1 aromatic carbocycles. The maximum atomic E-state index is 13.6. The summed E-state index contributed by atoms with van der Waals surface area (Å²) in [5.41, 5.74) is 1.37. The molecule has 0 aliphatic carbocycles. The Morgan fingerprint density at radius 3 is 2.44 bits per heavy atom. The van der Waals surface area contributed by atoms with Crippen LogP contribution in [0, 0.1) is 0 Å². The van der Waals surface area contributed by atoms with E-state index in [0.29, 0.717) is 63.0 Å². The van der Waals surface area contributed by atoms with E-state index >= 15 is 0 Å². The molecule has 2 N–H and O–H groups in total. The monoisotopic (exact) mass is 521 g/mol. The first-order valence-corrected chi connectivity index (χ1v) is 14.6. The molecule has 2 aliphatic rings. The molecule has 0 spiro atoms. The summed E-state index contributed by atoms with van der Waals surface area (Å²) >= 11 is 0. The van der Waals surface area contributed by atoms with Crippen molar-refractivity contribution in [3.8, 4) is 5.75 Å². The van der Waals surface area contributed by atoms with E-state index in [2.05, 4.69) is 37.6 Å². The second-order valence-electron chi connectivity index (χ2n) is 9.50. The first-order chi connectivity index (χ1) is 17.2. The standard InChI is InChI=1S/C26H43N5O4S/c1-6-10-21(5)31-20-26(7-2,8-3)27-25(28-31)23-19-22(11-12-24(23)35-9-4)36(33,34)30-15-13-29(14-16-30)17-18-32/h11-12,19,32H,5-10,13-18,20H2,1-4H3,(H,27,28). The average Bonchev–Trinajstić information content (AvgIpc) is 2.89. The van der Waals surface area contributed by atoms with Crippen LogP contribution in [0.25, 0.3) is 0 Å². The fourth-order valence-corrected chi connectivity index (χ4v) is 6.20. The van der Waals surface area contributed by atoms with Crippen molar-refractivity contribution in [1.82, 2.24) is 19.5 Å². The Morgan fingerprint density at radius 1 is 1.17 bits per heavy atom. The summed E-state index contributed by atoms with van der Waals surface area (Å²) in [7, 11) is -3.70. The van der Waals surface area contributed by atoms with Crippen LogP contribution in [0.3, 0.4) is 0 Å². The number of aliphatic hydroxyl groups excluding tert-OH is 1.